The van der Waals surface area contributed by atoms with Crippen LogP contribution >= 0.6 is 0 Å². The minimum absolute atomic E-state index is 0.339. The van der Waals surface area contributed by atoms with Gasteiger partial charge in [-0.05, 0) is 54.4 Å². The summed E-state index contributed by atoms with van der Waals surface area (Å²) in [6.07, 6.45) is 1.60. The molecule has 1 aromatic heterocycles. The first-order valence-corrected chi connectivity index (χ1v) is 8.49. The number of nitrogens with one attached hydrogen (secondary N) is 1. The monoisotopic (exact) mass is 310 g/mol. The molecular formula is C13H18N4O3S. The van der Waals surface area contributed by atoms with Gasteiger partial charge in [-0.3, -0.25) is 4.90 Å². The highest BCUT2D eigenvalue weighted by Crippen LogP contribution is 2.19. The Balaban J connectivity index is 1.72. The van der Waals surface area contributed by atoms with Crippen molar-refractivity contribution in [3.8, 4) is 0 Å². The van der Waals surface area contributed by atoms with Crippen LogP contribution in [0.1, 0.15) is 18.4 Å². The molecule has 0 radical (unpaired) electrons. The first-order valence-electron chi connectivity index (χ1n) is 6.94. The van der Waals surface area contributed by atoms with E-state index >= 15 is 0 Å². The Bertz CT molecular complexity index is 728. The van der Waals surface area contributed by atoms with Crippen molar-refractivity contribution < 1.29 is 13.0 Å². The fourth-order valence-corrected chi connectivity index (χ4v) is 3.98. The predicted octanol–water partition coefficient (Wildman–Crippen LogP) is 0.736. The summed E-state index contributed by atoms with van der Waals surface area (Å²) in [5.74, 6) is 0. The second-order valence-corrected chi connectivity index (χ2v) is 7.50. The SMILES string of the molecule is CNS(=O)(=O)C1CCCN(Cc2ccc3nonc3c2)C1. The van der Waals surface area contributed by atoms with Gasteiger partial charge in [0.15, 0.2) is 0 Å². The fraction of sp³-hybridized carbons (Fsp3) is 0.538. The minimum atomic E-state index is -3.20. The van der Waals surface area contributed by atoms with Gasteiger partial charge in [0.25, 0.3) is 0 Å². The zero-order valence-electron chi connectivity index (χ0n) is 11.8. The quantitative estimate of drug-likeness (QED) is 0.896. The molecule has 114 valence electrons. The largest absolute Gasteiger partial charge is 0.298 e. The molecule has 0 aliphatic carbocycles. The van der Waals surface area contributed by atoms with Crippen molar-refractivity contribution in [2.45, 2.75) is 24.6 Å². The standard InChI is InChI=1S/C13H18N4O3S/c1-14-21(18,19)11-3-2-6-17(9-11)8-10-4-5-12-13(7-10)16-20-15-12/h4-5,7,11,14H,2-3,6,8-9H2,1H3. The van der Waals surface area contributed by atoms with Gasteiger partial charge in [0, 0.05) is 13.1 Å². The summed E-state index contributed by atoms with van der Waals surface area (Å²) in [6, 6.07) is 5.78. The lowest BCUT2D eigenvalue weighted by molar-refractivity contribution is 0.222. The molecule has 1 aromatic carbocycles. The van der Waals surface area contributed by atoms with Crippen molar-refractivity contribution in [2.75, 3.05) is 20.1 Å². The van der Waals surface area contributed by atoms with Gasteiger partial charge in [0.2, 0.25) is 10.0 Å². The predicted molar refractivity (Wildman–Crippen MR) is 78.1 cm³/mol. The summed E-state index contributed by atoms with van der Waals surface area (Å²) < 4.78 is 31.0. The van der Waals surface area contributed by atoms with Crippen molar-refractivity contribution in [3.05, 3.63) is 23.8 Å². The maximum absolute atomic E-state index is 11.9. The summed E-state index contributed by atoms with van der Waals surface area (Å²) in [5, 5.41) is 7.27. The van der Waals surface area contributed by atoms with Gasteiger partial charge in [0.1, 0.15) is 11.0 Å². The van der Waals surface area contributed by atoms with Crippen molar-refractivity contribution in [1.82, 2.24) is 19.9 Å². The van der Waals surface area contributed by atoms with Crippen LogP contribution in [-0.4, -0.2) is 49.0 Å². The van der Waals surface area contributed by atoms with E-state index in [0.717, 1.165) is 29.6 Å². The van der Waals surface area contributed by atoms with E-state index in [0.29, 0.717) is 19.5 Å². The lowest BCUT2D eigenvalue weighted by Crippen LogP contribution is -2.45. The molecule has 0 bridgehead atoms. The lowest BCUT2D eigenvalue weighted by Gasteiger charge is -2.32. The van der Waals surface area contributed by atoms with Crippen molar-refractivity contribution in [3.63, 3.8) is 0 Å². The molecule has 2 aromatic rings. The van der Waals surface area contributed by atoms with E-state index in [9.17, 15) is 8.42 Å². The van der Waals surface area contributed by atoms with E-state index in [1.165, 1.54) is 7.05 Å². The van der Waals surface area contributed by atoms with Crippen LogP contribution in [0.5, 0.6) is 0 Å². The average molecular weight is 310 g/mol. The molecule has 1 unspecified atom stereocenters. The second-order valence-electron chi connectivity index (χ2n) is 5.34. The Morgan fingerprint density at radius 1 is 1.38 bits per heavy atom. The summed E-state index contributed by atoms with van der Waals surface area (Å²) in [5.41, 5.74) is 2.54. The summed E-state index contributed by atoms with van der Waals surface area (Å²) in [4.78, 5) is 2.16. The molecule has 3 rings (SSSR count). The molecule has 1 aliphatic rings. The normalized spacial score (nSPS) is 20.9. The Labute approximate surface area is 123 Å². The Morgan fingerprint density at radius 3 is 3.00 bits per heavy atom. The maximum atomic E-state index is 11.9. The van der Waals surface area contributed by atoms with E-state index in [1.807, 2.05) is 18.2 Å². The van der Waals surface area contributed by atoms with Crippen LogP contribution in [0.15, 0.2) is 22.8 Å². The molecule has 1 saturated heterocycles. The molecular weight excluding hydrogens is 292 g/mol. The van der Waals surface area contributed by atoms with Gasteiger partial charge in [-0.15, -0.1) is 0 Å². The number of benzene rings is 1. The fourth-order valence-electron chi connectivity index (χ4n) is 2.76. The van der Waals surface area contributed by atoms with Crippen LogP contribution in [-0.2, 0) is 16.6 Å². The van der Waals surface area contributed by atoms with Crippen molar-refractivity contribution >= 4 is 21.1 Å². The number of rotatable bonds is 4. The molecule has 1 N–H and O–H groups in total. The smallest absolute Gasteiger partial charge is 0.215 e. The molecule has 8 heteroatoms. The van der Waals surface area contributed by atoms with Gasteiger partial charge < -0.3 is 0 Å². The molecule has 2 heterocycles. The van der Waals surface area contributed by atoms with E-state index in [-0.39, 0.29) is 5.25 Å². The number of piperidine rings is 1. The van der Waals surface area contributed by atoms with Crippen LogP contribution in [0.2, 0.25) is 0 Å². The average Bonchev–Trinajstić information content (AvgIpc) is 2.95. The van der Waals surface area contributed by atoms with Crippen LogP contribution in [0, 0.1) is 0 Å². The molecule has 0 amide bonds. The first-order chi connectivity index (χ1) is 10.1. The molecule has 1 aliphatic heterocycles. The van der Waals surface area contributed by atoms with Crippen LogP contribution < -0.4 is 4.72 Å². The van der Waals surface area contributed by atoms with E-state index in [1.54, 1.807) is 0 Å². The van der Waals surface area contributed by atoms with Crippen LogP contribution in [0.3, 0.4) is 0 Å². The zero-order chi connectivity index (χ0) is 14.9. The van der Waals surface area contributed by atoms with E-state index < -0.39 is 10.0 Å². The number of hydrogen-bond acceptors (Lipinski definition) is 6. The molecule has 21 heavy (non-hydrogen) atoms. The van der Waals surface area contributed by atoms with Crippen LogP contribution in [0.25, 0.3) is 11.0 Å². The van der Waals surface area contributed by atoms with Gasteiger partial charge in [-0.2, -0.15) is 0 Å². The number of fused-ring (bicyclic) bond motifs is 1. The van der Waals surface area contributed by atoms with Gasteiger partial charge in [-0.1, -0.05) is 6.07 Å². The molecule has 0 saturated carbocycles. The summed E-state index contributed by atoms with van der Waals surface area (Å²) >= 11 is 0. The number of nitrogens with zero attached hydrogens (tertiary/aromatic N) is 3. The summed E-state index contributed by atoms with van der Waals surface area (Å²) in [6.45, 7) is 2.17. The Hall–Kier alpha value is -1.51. The summed E-state index contributed by atoms with van der Waals surface area (Å²) in [7, 11) is -1.73. The van der Waals surface area contributed by atoms with Gasteiger partial charge >= 0.3 is 0 Å². The second kappa shape index (κ2) is 5.70. The van der Waals surface area contributed by atoms with E-state index in [4.69, 9.17) is 0 Å². The molecule has 1 atom stereocenters. The number of likely N-dealkylation sites (tertiary alicyclic amines) is 1. The third-order valence-corrected chi connectivity index (χ3v) is 5.74. The van der Waals surface area contributed by atoms with Gasteiger partial charge in [0.05, 0.1) is 5.25 Å². The third-order valence-electron chi connectivity index (χ3n) is 3.91. The highest BCUT2D eigenvalue weighted by atomic mass is 32.2. The van der Waals surface area contributed by atoms with Crippen LogP contribution in [0.4, 0.5) is 0 Å². The Kier molecular flexibility index (Phi) is 3.92. The van der Waals surface area contributed by atoms with Crippen molar-refractivity contribution in [2.24, 2.45) is 0 Å². The topological polar surface area (TPSA) is 88.3 Å². The van der Waals surface area contributed by atoms with Crippen molar-refractivity contribution in [1.29, 1.82) is 0 Å². The third kappa shape index (κ3) is 3.07. The molecule has 1 fully saturated rings. The van der Waals surface area contributed by atoms with Gasteiger partial charge in [-0.25, -0.2) is 17.8 Å². The number of hydrogen-bond donors (Lipinski definition) is 1. The lowest BCUT2D eigenvalue weighted by atomic mass is 10.1. The first kappa shape index (κ1) is 14.4. The highest BCUT2D eigenvalue weighted by Gasteiger charge is 2.29. The molecule has 7 nitrogen and oxygen atoms in total. The number of sulfonamides is 1. The Morgan fingerprint density at radius 2 is 2.19 bits per heavy atom. The van der Waals surface area contributed by atoms with E-state index in [2.05, 4.69) is 24.6 Å². The highest BCUT2D eigenvalue weighted by molar-refractivity contribution is 7.90. The maximum Gasteiger partial charge on any atom is 0.215 e. The zero-order valence-corrected chi connectivity index (χ0v) is 12.6. The number of aromatic nitrogens is 2. The molecule has 0 spiro atoms. The minimum Gasteiger partial charge on any atom is -0.298 e.